The molecule has 3 heterocycles. The second-order valence-corrected chi connectivity index (χ2v) is 9.85. The minimum Gasteiger partial charge on any atom is -0.396 e. The van der Waals surface area contributed by atoms with Crippen LogP contribution in [0, 0.1) is 12.3 Å². The summed E-state index contributed by atoms with van der Waals surface area (Å²) in [7, 11) is 0. The van der Waals surface area contributed by atoms with Crippen LogP contribution in [0.5, 0.6) is 0 Å². The minimum atomic E-state index is -4.55. The number of alkyl halides is 4. The van der Waals surface area contributed by atoms with E-state index in [1.165, 1.54) is 18.3 Å². The summed E-state index contributed by atoms with van der Waals surface area (Å²) in [5, 5.41) is 12.7. The number of halogens is 4. The van der Waals surface area contributed by atoms with Crippen molar-refractivity contribution < 1.29 is 32.2 Å². The van der Waals surface area contributed by atoms with Gasteiger partial charge in [0.1, 0.15) is 0 Å². The van der Waals surface area contributed by atoms with E-state index >= 15 is 0 Å². The number of aliphatic hydroxyl groups excluding tert-OH is 1. The number of fused-ring (bicyclic) bond motifs is 3. The first kappa shape index (κ1) is 26.1. The van der Waals surface area contributed by atoms with Crippen LogP contribution in [0.25, 0.3) is 11.1 Å². The van der Waals surface area contributed by atoms with Gasteiger partial charge in [-0.15, -0.1) is 0 Å². The van der Waals surface area contributed by atoms with Crippen molar-refractivity contribution in [1.82, 2.24) is 4.98 Å². The molecule has 0 radical (unpaired) electrons. The Hall–Kier alpha value is -3.50. The number of anilines is 2. The van der Waals surface area contributed by atoms with E-state index in [0.717, 1.165) is 34.5 Å². The van der Waals surface area contributed by atoms with Crippen LogP contribution in [0.3, 0.4) is 0 Å². The molecule has 3 aromatic rings. The number of hydrogen-bond acceptors (Lipinski definition) is 5. The molecule has 0 aliphatic carbocycles. The SMILES string of the molecule is Cc1ncc(NC(=O)c2cccc(C(F)(F)F)c2)cc1-c1ccc2c(c1)N1CCOC[C@H]1[C@](CO)(CF)C2. The fraction of sp³-hybridized carbons (Fsp3) is 0.357. The zero-order chi connectivity index (χ0) is 27.1. The number of aryl methyl sites for hydroxylation is 1. The second-order valence-electron chi connectivity index (χ2n) is 9.85. The number of pyridine rings is 1. The summed E-state index contributed by atoms with van der Waals surface area (Å²) >= 11 is 0. The van der Waals surface area contributed by atoms with Crippen LogP contribution in [0.2, 0.25) is 0 Å². The third-order valence-electron chi connectivity index (χ3n) is 7.46. The summed E-state index contributed by atoms with van der Waals surface area (Å²) in [6, 6.07) is 11.5. The first-order chi connectivity index (χ1) is 18.1. The Morgan fingerprint density at radius 3 is 2.79 bits per heavy atom. The highest BCUT2D eigenvalue weighted by molar-refractivity contribution is 6.04. The third-order valence-corrected chi connectivity index (χ3v) is 7.46. The second kappa shape index (κ2) is 9.99. The molecular formula is C28H27F4N3O3. The van der Waals surface area contributed by atoms with Crippen molar-refractivity contribution in [2.45, 2.75) is 25.6 Å². The number of rotatable bonds is 5. The van der Waals surface area contributed by atoms with Crippen molar-refractivity contribution in [2.75, 3.05) is 43.3 Å². The summed E-state index contributed by atoms with van der Waals surface area (Å²) in [6.45, 7) is 2.26. The lowest BCUT2D eigenvalue weighted by Crippen LogP contribution is -2.61. The zero-order valence-electron chi connectivity index (χ0n) is 20.7. The van der Waals surface area contributed by atoms with E-state index in [9.17, 15) is 27.5 Å². The van der Waals surface area contributed by atoms with Crippen LogP contribution in [-0.2, 0) is 17.3 Å². The van der Waals surface area contributed by atoms with Gasteiger partial charge in [0.05, 0.1) is 50.0 Å². The molecule has 6 nitrogen and oxygen atoms in total. The van der Waals surface area contributed by atoms with Crippen LogP contribution in [-0.4, -0.2) is 55.1 Å². The summed E-state index contributed by atoms with van der Waals surface area (Å²) in [4.78, 5) is 19.2. The van der Waals surface area contributed by atoms with Crippen LogP contribution in [0.1, 0.15) is 27.2 Å². The number of benzene rings is 2. The van der Waals surface area contributed by atoms with Crippen LogP contribution in [0.15, 0.2) is 54.7 Å². The van der Waals surface area contributed by atoms with Crippen LogP contribution >= 0.6 is 0 Å². The van der Waals surface area contributed by atoms with Crippen molar-refractivity contribution >= 4 is 17.3 Å². The maximum absolute atomic E-state index is 14.2. The first-order valence-electron chi connectivity index (χ1n) is 12.2. The highest BCUT2D eigenvalue weighted by atomic mass is 19.4. The van der Waals surface area contributed by atoms with Gasteiger partial charge in [0.25, 0.3) is 5.91 Å². The number of hydrogen-bond donors (Lipinski definition) is 2. The molecule has 200 valence electrons. The Kier molecular flexibility index (Phi) is 6.87. The summed E-state index contributed by atoms with van der Waals surface area (Å²) in [5.74, 6) is -0.680. The lowest BCUT2D eigenvalue weighted by molar-refractivity contribution is -0.137. The quantitative estimate of drug-likeness (QED) is 0.453. The molecule has 0 unspecified atom stereocenters. The Balaban J connectivity index is 1.45. The van der Waals surface area contributed by atoms with Crippen molar-refractivity contribution in [3.05, 3.63) is 77.1 Å². The first-order valence-corrected chi connectivity index (χ1v) is 12.2. The van der Waals surface area contributed by atoms with Gasteiger partial charge in [0, 0.05) is 34.5 Å². The standard InChI is InChI=1S/C28H27F4N3O3/c1-17-23(11-22(13-33-17)34-26(37)19-3-2-4-21(9-19)28(30,31)32)18-5-6-20-12-27(15-29,16-36)25-14-38-8-7-35(25)24(20)10-18/h2-6,9-11,13,25,36H,7-8,12,14-16H2,1H3,(H,34,37)/t25-,27-/m0/s1. The third kappa shape index (κ3) is 4.74. The smallest absolute Gasteiger partial charge is 0.396 e. The summed E-state index contributed by atoms with van der Waals surface area (Å²) < 4.78 is 59.0. The fourth-order valence-electron chi connectivity index (χ4n) is 5.32. The Morgan fingerprint density at radius 1 is 1.24 bits per heavy atom. The predicted molar refractivity (Wildman–Crippen MR) is 135 cm³/mol. The normalized spacial score (nSPS) is 21.0. The molecule has 2 aromatic carbocycles. The van der Waals surface area contributed by atoms with Crippen molar-refractivity contribution in [3.8, 4) is 11.1 Å². The number of carbonyl (C=O) groups is 1. The van der Waals surface area contributed by atoms with E-state index in [4.69, 9.17) is 4.74 Å². The lowest BCUT2D eigenvalue weighted by atomic mass is 9.72. The summed E-state index contributed by atoms with van der Waals surface area (Å²) in [5.41, 5.74) is 2.52. The highest BCUT2D eigenvalue weighted by Crippen LogP contribution is 2.44. The van der Waals surface area contributed by atoms with Crippen molar-refractivity contribution in [3.63, 3.8) is 0 Å². The van der Waals surface area contributed by atoms with E-state index in [1.54, 1.807) is 6.07 Å². The van der Waals surface area contributed by atoms with Gasteiger partial charge in [-0.05, 0) is 54.8 Å². The van der Waals surface area contributed by atoms with Gasteiger partial charge in [0.15, 0.2) is 0 Å². The molecular weight excluding hydrogens is 502 g/mol. The molecule has 2 N–H and O–H groups in total. The molecule has 38 heavy (non-hydrogen) atoms. The van der Waals surface area contributed by atoms with Gasteiger partial charge in [-0.25, -0.2) is 0 Å². The molecule has 5 rings (SSSR count). The number of aliphatic hydroxyl groups is 1. The Bertz CT molecular complexity index is 1360. The van der Waals surface area contributed by atoms with Crippen LogP contribution < -0.4 is 10.2 Å². The molecule has 2 aliphatic heterocycles. The maximum Gasteiger partial charge on any atom is 0.416 e. The average molecular weight is 530 g/mol. The number of nitrogens with zero attached hydrogens (tertiary/aromatic N) is 2. The summed E-state index contributed by atoms with van der Waals surface area (Å²) in [6.07, 6.45) is -2.72. The highest BCUT2D eigenvalue weighted by Gasteiger charge is 2.48. The average Bonchev–Trinajstić information content (AvgIpc) is 2.93. The monoisotopic (exact) mass is 529 g/mol. The van der Waals surface area contributed by atoms with Crippen molar-refractivity contribution in [1.29, 1.82) is 0 Å². The maximum atomic E-state index is 14.2. The predicted octanol–water partition coefficient (Wildman–Crippen LogP) is 5.04. The minimum absolute atomic E-state index is 0.116. The number of ether oxygens (including phenoxy) is 1. The molecule has 0 saturated carbocycles. The lowest BCUT2D eigenvalue weighted by Gasteiger charge is -2.51. The van der Waals surface area contributed by atoms with Gasteiger partial charge in [-0.2, -0.15) is 13.2 Å². The topological polar surface area (TPSA) is 74.7 Å². The molecule has 2 atom stereocenters. The van der Waals surface area contributed by atoms with E-state index < -0.39 is 29.7 Å². The molecule has 1 aromatic heterocycles. The Labute approximate surface area is 217 Å². The number of nitrogens with one attached hydrogen (secondary N) is 1. The Morgan fingerprint density at radius 2 is 2.05 bits per heavy atom. The molecule has 1 amide bonds. The molecule has 1 fully saturated rings. The van der Waals surface area contributed by atoms with E-state index in [0.29, 0.717) is 37.6 Å². The van der Waals surface area contributed by atoms with Gasteiger partial charge in [0.2, 0.25) is 0 Å². The molecule has 1 saturated heterocycles. The van der Waals surface area contributed by atoms with E-state index in [2.05, 4.69) is 15.2 Å². The molecule has 2 aliphatic rings. The molecule has 10 heteroatoms. The van der Waals surface area contributed by atoms with Gasteiger partial charge < -0.3 is 20.1 Å². The number of aromatic nitrogens is 1. The largest absolute Gasteiger partial charge is 0.416 e. The number of morpholine rings is 1. The van der Waals surface area contributed by atoms with E-state index in [-0.39, 0.29) is 18.2 Å². The van der Waals surface area contributed by atoms with Gasteiger partial charge in [-0.1, -0.05) is 18.2 Å². The zero-order valence-corrected chi connectivity index (χ0v) is 20.7. The fourth-order valence-corrected chi connectivity index (χ4v) is 5.32. The molecule has 0 spiro atoms. The van der Waals surface area contributed by atoms with E-state index in [1.807, 2.05) is 25.1 Å². The number of carbonyl (C=O) groups excluding carboxylic acids is 1. The van der Waals surface area contributed by atoms with Crippen LogP contribution in [0.4, 0.5) is 28.9 Å². The van der Waals surface area contributed by atoms with Gasteiger partial charge >= 0.3 is 6.18 Å². The number of amides is 1. The van der Waals surface area contributed by atoms with Crippen molar-refractivity contribution in [2.24, 2.45) is 5.41 Å². The molecule has 0 bridgehead atoms. The van der Waals surface area contributed by atoms with Gasteiger partial charge in [-0.3, -0.25) is 14.2 Å².